The van der Waals surface area contributed by atoms with Gasteiger partial charge in [-0.3, -0.25) is 4.40 Å². The monoisotopic (exact) mass is 309 g/mol. The molecule has 1 aliphatic heterocycles. The van der Waals surface area contributed by atoms with E-state index in [9.17, 15) is 5.11 Å². The standard InChI is InChI=1S/C13H16BrN3O/c14-12-11-5-4-10(18)8-17(11)13(16-12)9-3-1-2-6-15-7-9/h4-5,8-9,15,18H,1-3,6-7H2. The van der Waals surface area contributed by atoms with Gasteiger partial charge in [0.25, 0.3) is 0 Å². The second kappa shape index (κ2) is 4.90. The molecule has 1 aliphatic rings. The maximum Gasteiger partial charge on any atom is 0.132 e. The van der Waals surface area contributed by atoms with Crippen LogP contribution in [-0.2, 0) is 0 Å². The van der Waals surface area contributed by atoms with Crippen LogP contribution in [0.2, 0.25) is 0 Å². The van der Waals surface area contributed by atoms with E-state index >= 15 is 0 Å². The van der Waals surface area contributed by atoms with Gasteiger partial charge in [0.15, 0.2) is 0 Å². The number of pyridine rings is 1. The first-order valence-electron chi connectivity index (χ1n) is 6.33. The molecule has 1 unspecified atom stereocenters. The minimum atomic E-state index is 0.273. The third-order valence-corrected chi connectivity index (χ3v) is 4.10. The van der Waals surface area contributed by atoms with Crippen molar-refractivity contribution in [2.24, 2.45) is 0 Å². The normalized spacial score (nSPS) is 21.1. The molecule has 96 valence electrons. The Labute approximate surface area is 114 Å². The summed E-state index contributed by atoms with van der Waals surface area (Å²) in [7, 11) is 0. The third-order valence-electron chi connectivity index (χ3n) is 3.52. The average Bonchev–Trinajstić information content (AvgIpc) is 2.58. The molecule has 4 nitrogen and oxygen atoms in total. The van der Waals surface area contributed by atoms with Gasteiger partial charge in [-0.25, -0.2) is 4.98 Å². The highest BCUT2D eigenvalue weighted by Gasteiger charge is 2.20. The highest BCUT2D eigenvalue weighted by Crippen LogP contribution is 2.28. The Balaban J connectivity index is 2.07. The van der Waals surface area contributed by atoms with Crippen molar-refractivity contribution in [3.05, 3.63) is 28.8 Å². The van der Waals surface area contributed by atoms with Gasteiger partial charge in [-0.1, -0.05) is 6.42 Å². The fraction of sp³-hybridized carbons (Fsp3) is 0.462. The number of hydrogen-bond donors (Lipinski definition) is 2. The Hall–Kier alpha value is -1.07. The van der Waals surface area contributed by atoms with Crippen LogP contribution in [-0.4, -0.2) is 27.6 Å². The molecule has 1 saturated heterocycles. The smallest absolute Gasteiger partial charge is 0.132 e. The van der Waals surface area contributed by atoms with Crippen LogP contribution in [0.5, 0.6) is 5.75 Å². The van der Waals surface area contributed by atoms with Crippen LogP contribution in [0.1, 0.15) is 31.0 Å². The molecule has 1 fully saturated rings. The van der Waals surface area contributed by atoms with Gasteiger partial charge in [0.05, 0.1) is 11.7 Å². The molecule has 3 heterocycles. The van der Waals surface area contributed by atoms with E-state index in [-0.39, 0.29) is 5.75 Å². The molecular weight excluding hydrogens is 294 g/mol. The lowest BCUT2D eigenvalue weighted by molar-refractivity contribution is 0.470. The number of aromatic hydroxyl groups is 1. The molecule has 0 radical (unpaired) electrons. The Bertz CT molecular complexity index is 559. The molecule has 1 atom stereocenters. The number of halogens is 1. The summed E-state index contributed by atoms with van der Waals surface area (Å²) in [5, 5.41) is 13.1. The summed E-state index contributed by atoms with van der Waals surface area (Å²) >= 11 is 3.49. The van der Waals surface area contributed by atoms with Gasteiger partial charge in [0, 0.05) is 12.5 Å². The van der Waals surface area contributed by atoms with Crippen molar-refractivity contribution in [3.8, 4) is 5.75 Å². The zero-order valence-electron chi connectivity index (χ0n) is 10.1. The van der Waals surface area contributed by atoms with E-state index in [2.05, 4.69) is 26.2 Å². The molecule has 0 aliphatic carbocycles. The summed E-state index contributed by atoms with van der Waals surface area (Å²) in [6, 6.07) is 3.58. The molecular formula is C13H16BrN3O. The summed E-state index contributed by atoms with van der Waals surface area (Å²) in [6.07, 6.45) is 5.34. The number of aromatic nitrogens is 2. The zero-order chi connectivity index (χ0) is 12.5. The Morgan fingerprint density at radius 1 is 1.39 bits per heavy atom. The third kappa shape index (κ3) is 2.12. The second-order valence-corrected chi connectivity index (χ2v) is 5.55. The molecule has 2 N–H and O–H groups in total. The summed E-state index contributed by atoms with van der Waals surface area (Å²) in [4.78, 5) is 4.62. The van der Waals surface area contributed by atoms with Gasteiger partial charge in [-0.2, -0.15) is 0 Å². The molecule has 0 bridgehead atoms. The number of nitrogens with zero attached hydrogens (tertiary/aromatic N) is 2. The number of imidazole rings is 1. The quantitative estimate of drug-likeness (QED) is 0.851. The lowest BCUT2D eigenvalue weighted by Crippen LogP contribution is -2.20. The minimum absolute atomic E-state index is 0.273. The number of fused-ring (bicyclic) bond motifs is 1. The fourth-order valence-corrected chi connectivity index (χ4v) is 3.09. The minimum Gasteiger partial charge on any atom is -0.506 e. The van der Waals surface area contributed by atoms with Gasteiger partial charge >= 0.3 is 0 Å². The largest absolute Gasteiger partial charge is 0.506 e. The lowest BCUT2D eigenvalue weighted by atomic mass is 10.0. The Morgan fingerprint density at radius 2 is 2.28 bits per heavy atom. The molecule has 3 rings (SSSR count). The van der Waals surface area contributed by atoms with Crippen molar-refractivity contribution in [2.45, 2.75) is 25.2 Å². The van der Waals surface area contributed by atoms with Crippen molar-refractivity contribution < 1.29 is 5.11 Å². The fourth-order valence-electron chi connectivity index (χ4n) is 2.59. The predicted molar refractivity (Wildman–Crippen MR) is 74.0 cm³/mol. The first-order valence-corrected chi connectivity index (χ1v) is 7.12. The van der Waals surface area contributed by atoms with Crippen LogP contribution in [0.4, 0.5) is 0 Å². The van der Waals surface area contributed by atoms with E-state index in [0.29, 0.717) is 5.92 Å². The maximum atomic E-state index is 9.64. The molecule has 0 spiro atoms. The van der Waals surface area contributed by atoms with E-state index < -0.39 is 0 Å². The molecule has 18 heavy (non-hydrogen) atoms. The predicted octanol–water partition coefficient (Wildman–Crippen LogP) is 2.66. The van der Waals surface area contributed by atoms with Gasteiger partial charge in [0.1, 0.15) is 16.2 Å². The number of nitrogens with one attached hydrogen (secondary N) is 1. The topological polar surface area (TPSA) is 49.6 Å². The van der Waals surface area contributed by atoms with Crippen molar-refractivity contribution >= 4 is 21.4 Å². The molecule has 2 aromatic heterocycles. The second-order valence-electron chi connectivity index (χ2n) is 4.80. The van der Waals surface area contributed by atoms with Crippen LogP contribution in [0.15, 0.2) is 22.9 Å². The summed E-state index contributed by atoms with van der Waals surface area (Å²) in [5.41, 5.74) is 1.01. The lowest BCUT2D eigenvalue weighted by Gasteiger charge is -2.13. The molecule has 5 heteroatoms. The molecule has 2 aromatic rings. The highest BCUT2D eigenvalue weighted by atomic mass is 79.9. The summed E-state index contributed by atoms with van der Waals surface area (Å²) in [5.74, 6) is 1.71. The first kappa shape index (κ1) is 12.0. The Kier molecular flexibility index (Phi) is 3.26. The van der Waals surface area contributed by atoms with Crippen LogP contribution < -0.4 is 5.32 Å². The van der Waals surface area contributed by atoms with E-state index in [1.165, 1.54) is 12.8 Å². The molecule has 0 saturated carbocycles. The van der Waals surface area contributed by atoms with E-state index in [1.54, 1.807) is 12.3 Å². The average molecular weight is 310 g/mol. The Morgan fingerprint density at radius 3 is 3.17 bits per heavy atom. The van der Waals surface area contributed by atoms with E-state index in [0.717, 1.165) is 35.5 Å². The van der Waals surface area contributed by atoms with Gasteiger partial charge < -0.3 is 10.4 Å². The van der Waals surface area contributed by atoms with Gasteiger partial charge in [-0.15, -0.1) is 0 Å². The van der Waals surface area contributed by atoms with Crippen LogP contribution in [0.25, 0.3) is 5.52 Å². The zero-order valence-corrected chi connectivity index (χ0v) is 11.7. The van der Waals surface area contributed by atoms with Crippen molar-refractivity contribution in [1.82, 2.24) is 14.7 Å². The summed E-state index contributed by atoms with van der Waals surface area (Å²) in [6.45, 7) is 2.05. The van der Waals surface area contributed by atoms with Crippen molar-refractivity contribution in [2.75, 3.05) is 13.1 Å². The summed E-state index contributed by atoms with van der Waals surface area (Å²) < 4.78 is 2.85. The van der Waals surface area contributed by atoms with Crippen LogP contribution in [0.3, 0.4) is 0 Å². The number of rotatable bonds is 1. The van der Waals surface area contributed by atoms with Crippen molar-refractivity contribution in [1.29, 1.82) is 0 Å². The van der Waals surface area contributed by atoms with Crippen LogP contribution in [0, 0.1) is 0 Å². The SMILES string of the molecule is Oc1ccc2c(Br)nc(C3CCCCNC3)n2c1. The van der Waals surface area contributed by atoms with E-state index in [4.69, 9.17) is 0 Å². The molecule has 0 aromatic carbocycles. The maximum absolute atomic E-state index is 9.64. The van der Waals surface area contributed by atoms with E-state index in [1.807, 2.05) is 10.5 Å². The number of hydrogen-bond acceptors (Lipinski definition) is 3. The highest BCUT2D eigenvalue weighted by molar-refractivity contribution is 9.10. The molecule has 0 amide bonds. The van der Waals surface area contributed by atoms with Crippen LogP contribution >= 0.6 is 15.9 Å². The van der Waals surface area contributed by atoms with Crippen molar-refractivity contribution in [3.63, 3.8) is 0 Å². The first-order chi connectivity index (χ1) is 8.75. The van der Waals surface area contributed by atoms with Gasteiger partial charge in [0.2, 0.25) is 0 Å². The van der Waals surface area contributed by atoms with Gasteiger partial charge in [-0.05, 0) is 47.4 Å².